The maximum absolute atomic E-state index is 6.23. The van der Waals surface area contributed by atoms with Crippen molar-refractivity contribution in [3.63, 3.8) is 0 Å². The zero-order valence-electron chi connectivity index (χ0n) is 29.6. The molecular weight excluding hydrogens is 673 g/mol. The molecule has 0 bridgehead atoms. The topological polar surface area (TPSA) is 27.1 Å². The van der Waals surface area contributed by atoms with Gasteiger partial charge in [0.1, 0.15) is 6.61 Å². The fraction of sp³-hybridized carbons (Fsp3) is 0.0200. The summed E-state index contributed by atoms with van der Waals surface area (Å²) >= 11 is 0. The van der Waals surface area contributed by atoms with E-state index < -0.39 is 8.07 Å². The van der Waals surface area contributed by atoms with Gasteiger partial charge in [-0.1, -0.05) is 176 Å². The number of ether oxygens (including phenoxy) is 1. The van der Waals surface area contributed by atoms with E-state index in [2.05, 4.69) is 199 Å². The number of nitrogens with zero attached hydrogens (tertiary/aromatic N) is 2. The molecule has 1 aromatic heterocycles. The predicted molar refractivity (Wildman–Crippen MR) is 225 cm³/mol. The van der Waals surface area contributed by atoms with Gasteiger partial charge in [-0.2, -0.15) is 4.98 Å². The summed E-state index contributed by atoms with van der Waals surface area (Å²) in [6.45, 7) is 0.480. The summed E-state index contributed by atoms with van der Waals surface area (Å²) in [5.41, 5.74) is 11.4. The minimum atomic E-state index is -2.93. The summed E-state index contributed by atoms with van der Waals surface area (Å²) < 4.78 is 8.37. The molecule has 0 saturated heterocycles. The van der Waals surface area contributed by atoms with E-state index in [1.165, 1.54) is 54.1 Å². The van der Waals surface area contributed by atoms with Crippen molar-refractivity contribution in [3.8, 4) is 45.1 Å². The van der Waals surface area contributed by atoms with Crippen LogP contribution >= 0.6 is 0 Å². The van der Waals surface area contributed by atoms with E-state index in [1.807, 2.05) is 12.1 Å². The normalized spacial score (nSPS) is 12.1. The van der Waals surface area contributed by atoms with Crippen molar-refractivity contribution >= 4 is 39.9 Å². The number of rotatable bonds is 7. The average Bonchev–Trinajstić information content (AvgIpc) is 3.65. The fourth-order valence-electron chi connectivity index (χ4n) is 8.32. The van der Waals surface area contributed by atoms with Gasteiger partial charge < -0.3 is 4.74 Å². The first-order valence-electron chi connectivity index (χ1n) is 18.5. The van der Waals surface area contributed by atoms with Crippen LogP contribution < -0.4 is 25.5 Å². The lowest BCUT2D eigenvalue weighted by Gasteiger charge is -2.35. The molecule has 256 valence electrons. The molecule has 0 spiro atoms. The minimum Gasteiger partial charge on any atom is -0.459 e. The molecule has 0 N–H and O–H groups in total. The Kier molecular flexibility index (Phi) is 7.89. The second-order valence-corrected chi connectivity index (χ2v) is 17.8. The second-order valence-electron chi connectivity index (χ2n) is 13.9. The molecule has 3 nitrogen and oxygen atoms in total. The van der Waals surface area contributed by atoms with E-state index >= 15 is 0 Å². The summed E-state index contributed by atoms with van der Waals surface area (Å²) in [7, 11) is -2.93. The molecule has 0 atom stereocenters. The molecule has 9 aromatic rings. The van der Waals surface area contributed by atoms with Crippen LogP contribution in [0.2, 0.25) is 0 Å². The molecule has 1 aliphatic heterocycles. The Bertz CT molecular complexity index is 2660. The van der Waals surface area contributed by atoms with Crippen LogP contribution in [0.15, 0.2) is 206 Å². The maximum Gasteiger partial charge on any atom is 0.302 e. The van der Waals surface area contributed by atoms with Gasteiger partial charge in [-0.15, -0.1) is 0 Å². The Hall–Kier alpha value is -6.75. The predicted octanol–water partition coefficient (Wildman–Crippen LogP) is 9.30. The Labute approximate surface area is 316 Å². The highest BCUT2D eigenvalue weighted by Gasteiger charge is 2.42. The quantitative estimate of drug-likeness (QED) is 0.122. The summed E-state index contributed by atoms with van der Waals surface area (Å²) in [4.78, 5) is 4.75. The van der Waals surface area contributed by atoms with Crippen molar-refractivity contribution in [3.05, 3.63) is 212 Å². The molecule has 54 heavy (non-hydrogen) atoms. The number of hydrogen-bond donors (Lipinski definition) is 0. The monoisotopic (exact) mass is 708 g/mol. The zero-order valence-corrected chi connectivity index (χ0v) is 30.6. The van der Waals surface area contributed by atoms with Gasteiger partial charge in [0.2, 0.25) is 0 Å². The van der Waals surface area contributed by atoms with E-state index in [1.54, 1.807) is 0 Å². The lowest BCUT2D eigenvalue weighted by atomic mass is 9.99. The third-order valence-corrected chi connectivity index (χ3v) is 15.6. The van der Waals surface area contributed by atoms with E-state index in [4.69, 9.17) is 9.72 Å². The van der Waals surface area contributed by atoms with Crippen LogP contribution in [0.1, 0.15) is 5.56 Å². The third-order valence-electron chi connectivity index (χ3n) is 10.8. The highest BCUT2D eigenvalue weighted by Crippen LogP contribution is 2.35. The van der Waals surface area contributed by atoms with Crippen LogP contribution in [0, 0.1) is 0 Å². The SMILES string of the molecule is c1ccc(-c2cc(-c3ccccc3)cc([Si](c3ccccc3)(c3ccccc3)c3cccc(-c4ccc5c(c4)COc4nc6ccccc6n4-5)c3)c2)cc1. The Balaban J connectivity index is 1.21. The Morgan fingerprint density at radius 3 is 1.57 bits per heavy atom. The molecule has 8 aromatic carbocycles. The summed E-state index contributed by atoms with van der Waals surface area (Å²) in [6, 6.07) is 76.2. The standard InChI is InChI=1S/C50H36N2OSi/c1-5-16-36(17-6-1)40-31-41(37-18-7-2-8-19-37)34-46(33-40)54(43-21-9-3-10-22-43,44-23-11-4-12-24-44)45-25-15-20-38(32-45)39-28-29-48-42(30-39)35-53-50-51-47-26-13-14-27-49(47)52(48)50/h1-34H,35H2. The lowest BCUT2D eigenvalue weighted by molar-refractivity contribution is 0.266. The number of hydrogen-bond acceptors (Lipinski definition) is 2. The molecular formula is C50H36N2OSi. The molecule has 0 aliphatic carbocycles. The molecule has 0 unspecified atom stereocenters. The summed E-state index contributed by atoms with van der Waals surface area (Å²) in [6.07, 6.45) is 0. The molecule has 0 amide bonds. The largest absolute Gasteiger partial charge is 0.459 e. The Morgan fingerprint density at radius 2 is 0.926 bits per heavy atom. The van der Waals surface area contributed by atoms with Gasteiger partial charge in [0.15, 0.2) is 8.07 Å². The van der Waals surface area contributed by atoms with Gasteiger partial charge in [0.25, 0.3) is 0 Å². The van der Waals surface area contributed by atoms with Crippen LogP contribution in [0.5, 0.6) is 6.01 Å². The molecule has 0 radical (unpaired) electrons. The van der Waals surface area contributed by atoms with E-state index in [-0.39, 0.29) is 0 Å². The average molecular weight is 709 g/mol. The highest BCUT2D eigenvalue weighted by molar-refractivity contribution is 7.20. The number of para-hydroxylation sites is 2. The van der Waals surface area contributed by atoms with Crippen molar-refractivity contribution in [2.45, 2.75) is 6.61 Å². The first-order valence-corrected chi connectivity index (χ1v) is 20.5. The highest BCUT2D eigenvalue weighted by atomic mass is 28.3. The van der Waals surface area contributed by atoms with Crippen LogP contribution in [0.3, 0.4) is 0 Å². The van der Waals surface area contributed by atoms with Gasteiger partial charge in [0.05, 0.1) is 16.7 Å². The van der Waals surface area contributed by atoms with Gasteiger partial charge in [-0.05, 0) is 84.5 Å². The number of fused-ring (bicyclic) bond motifs is 5. The fourth-order valence-corrected chi connectivity index (χ4v) is 13.2. The van der Waals surface area contributed by atoms with Crippen LogP contribution in [-0.2, 0) is 6.61 Å². The van der Waals surface area contributed by atoms with Crippen molar-refractivity contribution < 1.29 is 4.74 Å². The number of benzene rings is 8. The third kappa shape index (κ3) is 5.39. The van der Waals surface area contributed by atoms with Gasteiger partial charge in [-0.25, -0.2) is 0 Å². The van der Waals surface area contributed by atoms with Gasteiger partial charge in [-0.3, -0.25) is 4.57 Å². The van der Waals surface area contributed by atoms with Gasteiger partial charge in [0, 0.05) is 5.56 Å². The molecule has 2 heterocycles. The van der Waals surface area contributed by atoms with Crippen molar-refractivity contribution in [1.82, 2.24) is 9.55 Å². The van der Waals surface area contributed by atoms with Crippen molar-refractivity contribution in [2.24, 2.45) is 0 Å². The second kappa shape index (κ2) is 13.3. The number of aromatic nitrogens is 2. The maximum atomic E-state index is 6.23. The van der Waals surface area contributed by atoms with Crippen LogP contribution in [-0.4, -0.2) is 17.6 Å². The van der Waals surface area contributed by atoms with E-state index in [9.17, 15) is 0 Å². The summed E-state index contributed by atoms with van der Waals surface area (Å²) in [5.74, 6) is 0. The molecule has 4 heteroatoms. The zero-order chi connectivity index (χ0) is 35.9. The lowest BCUT2D eigenvalue weighted by Crippen LogP contribution is -2.74. The van der Waals surface area contributed by atoms with E-state index in [0.717, 1.165) is 22.3 Å². The Morgan fingerprint density at radius 1 is 0.407 bits per heavy atom. The molecule has 0 fully saturated rings. The first kappa shape index (κ1) is 31.9. The molecule has 1 aliphatic rings. The van der Waals surface area contributed by atoms with E-state index in [0.29, 0.717) is 12.6 Å². The minimum absolute atomic E-state index is 0.480. The van der Waals surface area contributed by atoms with Gasteiger partial charge >= 0.3 is 6.01 Å². The number of imidazole rings is 1. The summed E-state index contributed by atoms with van der Waals surface area (Å²) in [5, 5.41) is 5.36. The molecule has 10 rings (SSSR count). The van der Waals surface area contributed by atoms with Crippen molar-refractivity contribution in [2.75, 3.05) is 0 Å². The molecule has 0 saturated carbocycles. The van der Waals surface area contributed by atoms with Crippen LogP contribution in [0.4, 0.5) is 0 Å². The van der Waals surface area contributed by atoms with Crippen LogP contribution in [0.25, 0.3) is 50.1 Å². The first-order chi connectivity index (χ1) is 26.8. The smallest absolute Gasteiger partial charge is 0.302 e. The van der Waals surface area contributed by atoms with Crippen molar-refractivity contribution in [1.29, 1.82) is 0 Å².